The molecule has 2 atom stereocenters. The molecular formula is C10H13BrN2O2S. The molecule has 0 bridgehead atoms. The van der Waals surface area contributed by atoms with Crippen LogP contribution in [0.15, 0.2) is 15.2 Å². The van der Waals surface area contributed by atoms with Gasteiger partial charge in [-0.05, 0) is 22.0 Å². The van der Waals surface area contributed by atoms with E-state index >= 15 is 0 Å². The van der Waals surface area contributed by atoms with Gasteiger partial charge in [0.2, 0.25) is 0 Å². The zero-order chi connectivity index (χ0) is 11.7. The van der Waals surface area contributed by atoms with Crippen molar-refractivity contribution in [3.63, 3.8) is 0 Å². The lowest BCUT2D eigenvalue weighted by Crippen LogP contribution is -2.44. The van der Waals surface area contributed by atoms with Crippen molar-refractivity contribution in [2.24, 2.45) is 0 Å². The Balaban J connectivity index is 2.10. The first-order chi connectivity index (χ1) is 7.59. The predicted molar refractivity (Wildman–Crippen MR) is 66.8 cm³/mol. The van der Waals surface area contributed by atoms with Gasteiger partial charge in [-0.15, -0.1) is 11.3 Å². The maximum Gasteiger partial charge on any atom is 0.254 e. The molecule has 0 saturated carbocycles. The van der Waals surface area contributed by atoms with Crippen LogP contribution in [0.5, 0.6) is 0 Å². The van der Waals surface area contributed by atoms with Crippen LogP contribution < -0.4 is 5.32 Å². The molecule has 1 amide bonds. The quantitative estimate of drug-likeness (QED) is 0.854. The van der Waals surface area contributed by atoms with Crippen molar-refractivity contribution >= 4 is 33.2 Å². The van der Waals surface area contributed by atoms with E-state index in [1.165, 1.54) is 11.3 Å². The minimum atomic E-state index is -0.476. The van der Waals surface area contributed by atoms with Crippen LogP contribution in [-0.4, -0.2) is 48.2 Å². The van der Waals surface area contributed by atoms with E-state index in [1.807, 2.05) is 5.38 Å². The number of likely N-dealkylation sites (N-methyl/N-ethyl adjacent to an activating group) is 1. The largest absolute Gasteiger partial charge is 0.390 e. The van der Waals surface area contributed by atoms with Crippen molar-refractivity contribution < 1.29 is 9.90 Å². The molecule has 1 aliphatic heterocycles. The zero-order valence-corrected chi connectivity index (χ0v) is 11.2. The van der Waals surface area contributed by atoms with Crippen molar-refractivity contribution in [3.05, 3.63) is 20.8 Å². The fourth-order valence-corrected chi connectivity index (χ4v) is 2.95. The van der Waals surface area contributed by atoms with Crippen molar-refractivity contribution in [1.29, 1.82) is 0 Å². The van der Waals surface area contributed by atoms with Crippen molar-refractivity contribution in [2.45, 2.75) is 12.1 Å². The molecule has 0 spiro atoms. The van der Waals surface area contributed by atoms with Gasteiger partial charge in [-0.25, -0.2) is 0 Å². The number of nitrogens with one attached hydrogen (secondary N) is 1. The smallest absolute Gasteiger partial charge is 0.254 e. The van der Waals surface area contributed by atoms with E-state index in [2.05, 4.69) is 21.2 Å². The highest BCUT2D eigenvalue weighted by molar-refractivity contribution is 9.11. The number of carbonyl (C=O) groups excluding carboxylic acids is 1. The number of nitrogens with zero attached hydrogens (tertiary/aromatic N) is 1. The Labute approximate surface area is 106 Å². The van der Waals surface area contributed by atoms with Gasteiger partial charge < -0.3 is 15.3 Å². The summed E-state index contributed by atoms with van der Waals surface area (Å²) in [5.41, 5.74) is 0.665. The molecule has 6 heteroatoms. The van der Waals surface area contributed by atoms with E-state index in [9.17, 15) is 9.90 Å². The molecule has 0 aliphatic carbocycles. The normalized spacial score (nSPS) is 24.7. The molecule has 1 aliphatic rings. The second kappa shape index (κ2) is 4.83. The van der Waals surface area contributed by atoms with E-state index < -0.39 is 6.10 Å². The lowest BCUT2D eigenvalue weighted by molar-refractivity contribution is 0.0581. The number of β-amino-alcohol motifs (C(OH)–C–C–N with tert-alkyl or cyclic N) is 1. The van der Waals surface area contributed by atoms with Gasteiger partial charge in [0.1, 0.15) is 0 Å². The number of amides is 1. The first-order valence-corrected chi connectivity index (χ1v) is 6.67. The molecule has 0 unspecified atom stereocenters. The number of halogens is 1. The molecule has 16 heavy (non-hydrogen) atoms. The Kier molecular flexibility index (Phi) is 3.63. The van der Waals surface area contributed by atoms with Crippen LogP contribution in [0.1, 0.15) is 10.4 Å². The Morgan fingerprint density at radius 2 is 2.44 bits per heavy atom. The fraction of sp³-hybridized carbons (Fsp3) is 0.500. The molecule has 88 valence electrons. The van der Waals surface area contributed by atoms with Gasteiger partial charge in [-0.3, -0.25) is 4.79 Å². The topological polar surface area (TPSA) is 52.6 Å². The average molecular weight is 305 g/mol. The van der Waals surface area contributed by atoms with E-state index in [4.69, 9.17) is 0 Å². The molecule has 1 aromatic rings. The second-order valence-corrected chi connectivity index (χ2v) is 6.14. The molecule has 1 fully saturated rings. The number of aliphatic hydroxyl groups is 1. The number of rotatable bonds is 2. The first kappa shape index (κ1) is 12.0. The van der Waals surface area contributed by atoms with Gasteiger partial charge in [-0.1, -0.05) is 0 Å². The summed E-state index contributed by atoms with van der Waals surface area (Å²) in [6.07, 6.45) is -0.476. The Hall–Kier alpha value is -0.430. The van der Waals surface area contributed by atoms with E-state index in [-0.39, 0.29) is 11.9 Å². The van der Waals surface area contributed by atoms with Crippen LogP contribution in [0.25, 0.3) is 0 Å². The van der Waals surface area contributed by atoms with Crippen molar-refractivity contribution in [3.8, 4) is 0 Å². The van der Waals surface area contributed by atoms with Gasteiger partial charge >= 0.3 is 0 Å². The SMILES string of the molecule is CN(C(=O)c1csc(Br)c1)[C@@H]1CNC[C@H]1O. The third-order valence-electron chi connectivity index (χ3n) is 2.78. The number of hydrogen-bond donors (Lipinski definition) is 2. The highest BCUT2D eigenvalue weighted by Crippen LogP contribution is 2.22. The molecule has 0 aromatic carbocycles. The van der Waals surface area contributed by atoms with Crippen LogP contribution >= 0.6 is 27.3 Å². The second-order valence-electron chi connectivity index (χ2n) is 3.85. The Morgan fingerprint density at radius 3 is 2.94 bits per heavy atom. The minimum absolute atomic E-state index is 0.0466. The molecule has 2 rings (SSSR count). The summed E-state index contributed by atoms with van der Waals surface area (Å²) >= 11 is 4.82. The Morgan fingerprint density at radius 1 is 1.69 bits per heavy atom. The summed E-state index contributed by atoms with van der Waals surface area (Å²) < 4.78 is 0.939. The summed E-state index contributed by atoms with van der Waals surface area (Å²) in [4.78, 5) is 13.7. The third kappa shape index (κ3) is 2.29. The molecule has 0 radical (unpaired) electrons. The van der Waals surface area contributed by atoms with Gasteiger partial charge in [0.05, 0.1) is 21.5 Å². The van der Waals surface area contributed by atoms with Crippen LogP contribution in [0.4, 0.5) is 0 Å². The van der Waals surface area contributed by atoms with E-state index in [1.54, 1.807) is 18.0 Å². The Bertz CT molecular complexity index is 396. The number of thiophene rings is 1. The fourth-order valence-electron chi connectivity index (χ4n) is 1.82. The van der Waals surface area contributed by atoms with Crippen molar-refractivity contribution in [1.82, 2.24) is 10.2 Å². The van der Waals surface area contributed by atoms with Gasteiger partial charge in [0.15, 0.2) is 0 Å². The van der Waals surface area contributed by atoms with Gasteiger partial charge in [-0.2, -0.15) is 0 Å². The number of carbonyl (C=O) groups is 1. The van der Waals surface area contributed by atoms with Gasteiger partial charge in [0.25, 0.3) is 5.91 Å². The summed E-state index contributed by atoms with van der Waals surface area (Å²) in [6, 6.07) is 1.67. The highest BCUT2D eigenvalue weighted by atomic mass is 79.9. The lowest BCUT2D eigenvalue weighted by Gasteiger charge is -2.26. The third-order valence-corrected chi connectivity index (χ3v) is 4.29. The number of aliphatic hydroxyl groups excluding tert-OH is 1. The summed E-state index contributed by atoms with van der Waals surface area (Å²) in [5.74, 6) is -0.0466. The molecule has 1 aromatic heterocycles. The maximum absolute atomic E-state index is 12.1. The first-order valence-electron chi connectivity index (χ1n) is 4.99. The molecule has 2 heterocycles. The van der Waals surface area contributed by atoms with Crippen molar-refractivity contribution in [2.75, 3.05) is 20.1 Å². The maximum atomic E-state index is 12.1. The molecule has 2 N–H and O–H groups in total. The molecular weight excluding hydrogens is 292 g/mol. The van der Waals surface area contributed by atoms with E-state index in [0.717, 1.165) is 3.79 Å². The molecule has 4 nitrogen and oxygen atoms in total. The summed E-state index contributed by atoms with van der Waals surface area (Å²) in [7, 11) is 1.73. The molecule has 1 saturated heterocycles. The highest BCUT2D eigenvalue weighted by Gasteiger charge is 2.31. The monoisotopic (exact) mass is 304 g/mol. The van der Waals surface area contributed by atoms with Crippen LogP contribution in [0.2, 0.25) is 0 Å². The lowest BCUT2D eigenvalue weighted by atomic mass is 10.1. The number of hydrogen-bond acceptors (Lipinski definition) is 4. The summed E-state index contributed by atoms with van der Waals surface area (Å²) in [5, 5.41) is 14.6. The standard InChI is InChI=1S/C10H13BrN2O2S/c1-13(7-3-12-4-8(7)14)10(15)6-2-9(11)16-5-6/h2,5,7-8,12,14H,3-4H2,1H3/t7-,8-/m1/s1. The summed E-state index contributed by atoms with van der Waals surface area (Å²) in [6.45, 7) is 1.20. The van der Waals surface area contributed by atoms with Gasteiger partial charge in [0, 0.05) is 25.5 Å². The minimum Gasteiger partial charge on any atom is -0.390 e. The van der Waals surface area contributed by atoms with Crippen LogP contribution in [0, 0.1) is 0 Å². The zero-order valence-electron chi connectivity index (χ0n) is 8.81. The predicted octanol–water partition coefficient (Wildman–Crippen LogP) is 0.915. The average Bonchev–Trinajstić information content (AvgIpc) is 2.85. The van der Waals surface area contributed by atoms with Crippen LogP contribution in [0.3, 0.4) is 0 Å². The van der Waals surface area contributed by atoms with Crippen LogP contribution in [-0.2, 0) is 0 Å². The van der Waals surface area contributed by atoms with E-state index in [0.29, 0.717) is 18.7 Å².